The van der Waals surface area contributed by atoms with Crippen LogP contribution in [0.15, 0.2) is 22.7 Å². The number of halogens is 1. The molecule has 1 nitrogen and oxygen atoms in total. The minimum Gasteiger partial charge on any atom is -0.314 e. The van der Waals surface area contributed by atoms with Crippen LogP contribution < -0.4 is 5.32 Å². The third kappa shape index (κ3) is 2.82. The van der Waals surface area contributed by atoms with Crippen LogP contribution >= 0.6 is 15.9 Å². The Morgan fingerprint density at radius 1 is 1.40 bits per heavy atom. The second kappa shape index (κ2) is 5.13. The van der Waals surface area contributed by atoms with Gasteiger partial charge in [0.15, 0.2) is 0 Å². The summed E-state index contributed by atoms with van der Waals surface area (Å²) in [5.41, 5.74) is 3.05. The van der Waals surface area contributed by atoms with Gasteiger partial charge < -0.3 is 5.32 Å². The zero-order chi connectivity index (χ0) is 10.7. The van der Waals surface area contributed by atoms with Crippen LogP contribution in [-0.2, 0) is 12.8 Å². The number of hydrogen-bond donors (Lipinski definition) is 1. The quantitative estimate of drug-likeness (QED) is 0.886. The molecule has 0 amide bonds. The molecular weight excluding hydrogens is 250 g/mol. The zero-order valence-corrected chi connectivity index (χ0v) is 10.8. The summed E-state index contributed by atoms with van der Waals surface area (Å²) in [4.78, 5) is 0. The van der Waals surface area contributed by atoms with E-state index in [1.54, 1.807) is 0 Å². The number of hydrogen-bond acceptors (Lipinski definition) is 1. The molecule has 0 aromatic heterocycles. The van der Waals surface area contributed by atoms with Crippen molar-refractivity contribution in [1.82, 2.24) is 5.32 Å². The highest BCUT2D eigenvalue weighted by atomic mass is 79.9. The maximum atomic E-state index is 3.62. The molecular formula is C13H18BrN. The SMILES string of the molecule is CCCN[C@@H]1CCc2ccc(Br)cc2C1. The smallest absolute Gasteiger partial charge is 0.0178 e. The molecule has 0 aliphatic heterocycles. The van der Waals surface area contributed by atoms with Crippen molar-refractivity contribution < 1.29 is 0 Å². The largest absolute Gasteiger partial charge is 0.314 e. The highest BCUT2D eigenvalue weighted by Gasteiger charge is 2.17. The van der Waals surface area contributed by atoms with Crippen molar-refractivity contribution in [3.8, 4) is 0 Å². The number of nitrogens with one attached hydrogen (secondary N) is 1. The van der Waals surface area contributed by atoms with Gasteiger partial charge in [0.1, 0.15) is 0 Å². The lowest BCUT2D eigenvalue weighted by atomic mass is 9.88. The Labute approximate surface area is 100 Å². The topological polar surface area (TPSA) is 12.0 Å². The molecule has 1 aromatic rings. The van der Waals surface area contributed by atoms with Crippen molar-refractivity contribution in [2.75, 3.05) is 6.54 Å². The van der Waals surface area contributed by atoms with Gasteiger partial charge in [0, 0.05) is 10.5 Å². The molecule has 0 bridgehead atoms. The standard InChI is InChI=1S/C13H18BrN/c1-2-7-15-13-6-4-10-3-5-12(14)8-11(10)9-13/h3,5,8,13,15H,2,4,6-7,9H2,1H3/t13-/m1/s1. The van der Waals surface area contributed by atoms with Crippen LogP contribution in [-0.4, -0.2) is 12.6 Å². The molecule has 0 saturated heterocycles. The van der Waals surface area contributed by atoms with Crippen molar-refractivity contribution in [1.29, 1.82) is 0 Å². The second-order valence-corrected chi connectivity index (χ2v) is 5.22. The molecule has 0 radical (unpaired) electrons. The summed E-state index contributed by atoms with van der Waals surface area (Å²) in [5.74, 6) is 0. The average molecular weight is 268 g/mol. The minimum absolute atomic E-state index is 0.687. The van der Waals surface area contributed by atoms with Crippen molar-refractivity contribution in [3.63, 3.8) is 0 Å². The maximum absolute atomic E-state index is 3.62. The van der Waals surface area contributed by atoms with Gasteiger partial charge in [0.05, 0.1) is 0 Å². The number of fused-ring (bicyclic) bond motifs is 1. The molecule has 1 aliphatic carbocycles. The Hall–Kier alpha value is -0.340. The molecule has 2 heteroatoms. The van der Waals surface area contributed by atoms with Crippen LogP contribution in [0, 0.1) is 0 Å². The molecule has 1 atom stereocenters. The summed E-state index contributed by atoms with van der Waals surface area (Å²) in [6, 6.07) is 7.37. The second-order valence-electron chi connectivity index (χ2n) is 4.31. The summed E-state index contributed by atoms with van der Waals surface area (Å²) < 4.78 is 1.21. The molecule has 0 saturated carbocycles. The normalized spacial score (nSPS) is 20.0. The third-order valence-electron chi connectivity index (χ3n) is 3.08. The Kier molecular flexibility index (Phi) is 3.81. The van der Waals surface area contributed by atoms with Gasteiger partial charge in [0.25, 0.3) is 0 Å². The fourth-order valence-corrected chi connectivity index (χ4v) is 2.66. The first-order valence-electron chi connectivity index (χ1n) is 5.80. The van der Waals surface area contributed by atoms with E-state index in [2.05, 4.69) is 46.4 Å². The fourth-order valence-electron chi connectivity index (χ4n) is 2.25. The molecule has 0 spiro atoms. The Balaban J connectivity index is 2.05. The van der Waals surface area contributed by atoms with E-state index in [1.807, 2.05) is 0 Å². The van der Waals surface area contributed by atoms with Crippen molar-refractivity contribution in [2.24, 2.45) is 0 Å². The highest BCUT2D eigenvalue weighted by Crippen LogP contribution is 2.24. The van der Waals surface area contributed by atoms with Crippen LogP contribution in [0.2, 0.25) is 0 Å². The predicted molar refractivity (Wildman–Crippen MR) is 68.2 cm³/mol. The van der Waals surface area contributed by atoms with E-state index in [0.717, 1.165) is 6.54 Å². The first-order valence-corrected chi connectivity index (χ1v) is 6.59. The molecule has 1 N–H and O–H groups in total. The number of aryl methyl sites for hydroxylation is 1. The van der Waals surface area contributed by atoms with Gasteiger partial charge in [-0.05, 0) is 55.5 Å². The summed E-state index contributed by atoms with van der Waals surface area (Å²) in [6.07, 6.45) is 4.93. The Bertz CT molecular complexity index is 335. The van der Waals surface area contributed by atoms with Crippen LogP contribution in [0.25, 0.3) is 0 Å². The first kappa shape index (κ1) is 11.2. The lowest BCUT2D eigenvalue weighted by Crippen LogP contribution is -2.34. The molecule has 0 unspecified atom stereocenters. The molecule has 0 heterocycles. The van der Waals surface area contributed by atoms with E-state index >= 15 is 0 Å². The monoisotopic (exact) mass is 267 g/mol. The zero-order valence-electron chi connectivity index (χ0n) is 9.22. The minimum atomic E-state index is 0.687. The van der Waals surface area contributed by atoms with E-state index in [1.165, 1.54) is 41.3 Å². The van der Waals surface area contributed by atoms with E-state index < -0.39 is 0 Å². The van der Waals surface area contributed by atoms with Gasteiger partial charge >= 0.3 is 0 Å². The van der Waals surface area contributed by atoms with Crippen molar-refractivity contribution >= 4 is 15.9 Å². The van der Waals surface area contributed by atoms with Crippen LogP contribution in [0.4, 0.5) is 0 Å². The van der Waals surface area contributed by atoms with Gasteiger partial charge in [-0.3, -0.25) is 0 Å². The van der Waals surface area contributed by atoms with E-state index in [-0.39, 0.29) is 0 Å². The van der Waals surface area contributed by atoms with Gasteiger partial charge in [-0.2, -0.15) is 0 Å². The third-order valence-corrected chi connectivity index (χ3v) is 3.57. The van der Waals surface area contributed by atoms with Gasteiger partial charge in [-0.15, -0.1) is 0 Å². The first-order chi connectivity index (χ1) is 7.29. The van der Waals surface area contributed by atoms with E-state index in [9.17, 15) is 0 Å². The maximum Gasteiger partial charge on any atom is 0.0178 e. The van der Waals surface area contributed by atoms with Gasteiger partial charge in [0.2, 0.25) is 0 Å². The van der Waals surface area contributed by atoms with Crippen molar-refractivity contribution in [3.05, 3.63) is 33.8 Å². The molecule has 0 fully saturated rings. The fraction of sp³-hybridized carbons (Fsp3) is 0.538. The van der Waals surface area contributed by atoms with Crippen molar-refractivity contribution in [2.45, 2.75) is 38.6 Å². The Morgan fingerprint density at radius 3 is 3.07 bits per heavy atom. The lowest BCUT2D eigenvalue weighted by Gasteiger charge is -2.25. The average Bonchev–Trinajstić information content (AvgIpc) is 2.25. The molecule has 1 aliphatic rings. The summed E-state index contributed by atoms with van der Waals surface area (Å²) in [7, 11) is 0. The van der Waals surface area contributed by atoms with Crippen LogP contribution in [0.5, 0.6) is 0 Å². The van der Waals surface area contributed by atoms with Crippen LogP contribution in [0.3, 0.4) is 0 Å². The van der Waals surface area contributed by atoms with Gasteiger partial charge in [-0.1, -0.05) is 28.9 Å². The van der Waals surface area contributed by atoms with E-state index in [0.29, 0.717) is 6.04 Å². The Morgan fingerprint density at radius 2 is 2.27 bits per heavy atom. The number of rotatable bonds is 3. The molecule has 82 valence electrons. The molecule has 2 rings (SSSR count). The van der Waals surface area contributed by atoms with Gasteiger partial charge in [-0.25, -0.2) is 0 Å². The van der Waals surface area contributed by atoms with Crippen LogP contribution in [0.1, 0.15) is 30.9 Å². The lowest BCUT2D eigenvalue weighted by molar-refractivity contribution is 0.459. The molecule has 15 heavy (non-hydrogen) atoms. The predicted octanol–water partition coefficient (Wildman–Crippen LogP) is 3.31. The number of benzene rings is 1. The summed E-state index contributed by atoms with van der Waals surface area (Å²) in [5, 5.41) is 3.62. The summed E-state index contributed by atoms with van der Waals surface area (Å²) in [6.45, 7) is 3.37. The summed E-state index contributed by atoms with van der Waals surface area (Å²) >= 11 is 3.54. The van der Waals surface area contributed by atoms with E-state index in [4.69, 9.17) is 0 Å². The molecule has 1 aromatic carbocycles. The highest BCUT2D eigenvalue weighted by molar-refractivity contribution is 9.10.